The summed E-state index contributed by atoms with van der Waals surface area (Å²) in [5.74, 6) is 1.23. The van der Waals surface area contributed by atoms with Crippen LogP contribution in [-0.2, 0) is 22.7 Å². The lowest BCUT2D eigenvalue weighted by atomic mass is 10.1. The van der Waals surface area contributed by atoms with Gasteiger partial charge in [0.1, 0.15) is 5.75 Å². The number of fused-ring (bicyclic) bond motifs is 1. The highest BCUT2D eigenvalue weighted by atomic mass is 16.5. The molecule has 0 radical (unpaired) electrons. The molecule has 0 spiro atoms. The van der Waals surface area contributed by atoms with Crippen molar-refractivity contribution in [2.24, 2.45) is 0 Å². The third-order valence-electron chi connectivity index (χ3n) is 5.98. The van der Waals surface area contributed by atoms with Gasteiger partial charge in [-0.2, -0.15) is 0 Å². The zero-order chi connectivity index (χ0) is 22.1. The van der Waals surface area contributed by atoms with E-state index >= 15 is 0 Å². The number of carboxylic acid groups (broad SMARTS) is 1. The van der Waals surface area contributed by atoms with E-state index in [1.165, 1.54) is 5.56 Å². The van der Waals surface area contributed by atoms with Crippen LogP contribution in [0.4, 0.5) is 0 Å². The number of para-hydroxylation sites is 1. The van der Waals surface area contributed by atoms with Crippen molar-refractivity contribution in [3.63, 3.8) is 0 Å². The lowest BCUT2D eigenvalue weighted by Gasteiger charge is -2.41. The van der Waals surface area contributed by atoms with Gasteiger partial charge in [-0.1, -0.05) is 18.2 Å². The van der Waals surface area contributed by atoms with E-state index in [4.69, 9.17) is 14.6 Å². The monoisotopic (exact) mass is 428 g/mol. The number of nitrogens with zero attached hydrogens (tertiary/aromatic N) is 4. The number of amides is 1. The number of hydrogen-bond acceptors (Lipinski definition) is 5. The lowest BCUT2D eigenvalue weighted by molar-refractivity contribution is -0.143. The number of hydrogen-bond donors (Lipinski definition) is 1. The largest absolute Gasteiger partial charge is 0.493 e. The summed E-state index contributed by atoms with van der Waals surface area (Å²) in [7, 11) is 0. The summed E-state index contributed by atoms with van der Waals surface area (Å²) in [6.45, 7) is 6.12. The maximum absolute atomic E-state index is 12.7. The van der Waals surface area contributed by atoms with Crippen LogP contribution in [0.3, 0.4) is 0 Å². The van der Waals surface area contributed by atoms with Gasteiger partial charge in [0.15, 0.2) is 0 Å². The molecule has 168 valence electrons. The number of benzene rings is 1. The smallest absolute Gasteiger partial charge is 0.290 e. The van der Waals surface area contributed by atoms with Crippen molar-refractivity contribution in [2.45, 2.75) is 57.8 Å². The van der Waals surface area contributed by atoms with Crippen LogP contribution in [0.1, 0.15) is 38.2 Å². The number of piperazine rings is 1. The van der Waals surface area contributed by atoms with Crippen LogP contribution in [0.25, 0.3) is 0 Å². The molecule has 3 heterocycles. The van der Waals surface area contributed by atoms with E-state index in [1.807, 2.05) is 37.8 Å². The SMILES string of the molecule is C[C@@H]1C(=O)N2CCC[C@@H]2CN1Cc1ccccc1OCCCCn1ccnc1.O=CO. The molecule has 4 rings (SSSR count). The standard InChI is InChI=1S/C22H30N4O2.CH2O2/c1-18-22(27)26-12-6-8-20(26)16-25(18)15-19-7-2-3-9-21(19)28-14-5-4-11-24-13-10-23-17-24;2-1-3/h2-3,7,9-10,13,17-18,20H,4-6,8,11-12,14-16H2,1H3;1H,(H,2,3)/t18-,20-;/m1./s1. The fourth-order valence-electron chi connectivity index (χ4n) is 4.33. The number of aromatic nitrogens is 2. The third kappa shape index (κ3) is 6.07. The van der Waals surface area contributed by atoms with E-state index in [0.717, 1.165) is 57.6 Å². The first-order chi connectivity index (χ1) is 15.1. The van der Waals surface area contributed by atoms with Crippen LogP contribution in [-0.4, -0.2) is 68.6 Å². The van der Waals surface area contributed by atoms with E-state index in [1.54, 1.807) is 0 Å². The molecule has 1 aromatic heterocycles. The predicted octanol–water partition coefficient (Wildman–Crippen LogP) is 2.64. The van der Waals surface area contributed by atoms with Gasteiger partial charge in [0.05, 0.1) is 19.0 Å². The minimum atomic E-state index is -0.250. The van der Waals surface area contributed by atoms with Crippen LogP contribution in [0.5, 0.6) is 5.75 Å². The Morgan fingerprint density at radius 1 is 1.29 bits per heavy atom. The highest BCUT2D eigenvalue weighted by molar-refractivity contribution is 5.83. The molecule has 2 saturated heterocycles. The molecule has 2 fully saturated rings. The van der Waals surface area contributed by atoms with Crippen molar-refractivity contribution >= 4 is 12.4 Å². The number of aryl methyl sites for hydroxylation is 1. The van der Waals surface area contributed by atoms with Crippen LogP contribution in [0, 0.1) is 0 Å². The number of imidazole rings is 1. The summed E-state index contributed by atoms with van der Waals surface area (Å²) >= 11 is 0. The fourth-order valence-corrected chi connectivity index (χ4v) is 4.33. The van der Waals surface area contributed by atoms with E-state index in [9.17, 15) is 4.79 Å². The number of unbranched alkanes of at least 4 members (excludes halogenated alkanes) is 1. The summed E-state index contributed by atoms with van der Waals surface area (Å²) in [5.41, 5.74) is 1.17. The van der Waals surface area contributed by atoms with Crippen LogP contribution in [0.2, 0.25) is 0 Å². The molecule has 0 unspecified atom stereocenters. The van der Waals surface area contributed by atoms with Gasteiger partial charge in [0.25, 0.3) is 6.47 Å². The average molecular weight is 429 g/mol. The van der Waals surface area contributed by atoms with Crippen molar-refractivity contribution in [1.29, 1.82) is 0 Å². The topological polar surface area (TPSA) is 87.9 Å². The van der Waals surface area contributed by atoms with Crippen molar-refractivity contribution in [3.05, 3.63) is 48.5 Å². The number of carbonyl (C=O) groups is 2. The molecule has 31 heavy (non-hydrogen) atoms. The average Bonchev–Trinajstić information content (AvgIpc) is 3.45. The van der Waals surface area contributed by atoms with E-state index in [-0.39, 0.29) is 18.4 Å². The molecule has 0 saturated carbocycles. The van der Waals surface area contributed by atoms with Gasteiger partial charge >= 0.3 is 0 Å². The van der Waals surface area contributed by atoms with Gasteiger partial charge < -0.3 is 19.3 Å². The number of rotatable bonds is 8. The Hall–Kier alpha value is -2.87. The summed E-state index contributed by atoms with van der Waals surface area (Å²) in [6.07, 6.45) is 9.98. The van der Waals surface area contributed by atoms with Gasteiger partial charge in [-0.05, 0) is 38.7 Å². The summed E-state index contributed by atoms with van der Waals surface area (Å²) in [6, 6.07) is 8.58. The van der Waals surface area contributed by atoms with Crippen LogP contribution >= 0.6 is 0 Å². The molecule has 2 aliphatic heterocycles. The second kappa shape index (κ2) is 11.5. The molecule has 2 aromatic rings. The fraction of sp³-hybridized carbons (Fsp3) is 0.522. The van der Waals surface area contributed by atoms with E-state index in [0.29, 0.717) is 12.6 Å². The molecule has 2 aliphatic rings. The zero-order valence-electron chi connectivity index (χ0n) is 18.1. The van der Waals surface area contributed by atoms with Gasteiger partial charge in [-0.3, -0.25) is 14.5 Å². The number of carbonyl (C=O) groups excluding carboxylic acids is 1. The summed E-state index contributed by atoms with van der Waals surface area (Å²) in [5, 5.41) is 6.89. The Kier molecular flexibility index (Phi) is 8.46. The molecular formula is C23H32N4O4. The van der Waals surface area contributed by atoms with Crippen molar-refractivity contribution in [1.82, 2.24) is 19.4 Å². The summed E-state index contributed by atoms with van der Waals surface area (Å²) < 4.78 is 8.19. The van der Waals surface area contributed by atoms with Crippen LogP contribution in [0.15, 0.2) is 43.0 Å². The minimum Gasteiger partial charge on any atom is -0.493 e. The molecule has 0 aliphatic carbocycles. The number of ether oxygens (including phenoxy) is 1. The molecule has 0 bridgehead atoms. The molecule has 1 N–H and O–H groups in total. The quantitative estimate of drug-likeness (QED) is 0.514. The molecule has 2 atom stereocenters. The van der Waals surface area contributed by atoms with E-state index < -0.39 is 0 Å². The Bertz CT molecular complexity index is 827. The van der Waals surface area contributed by atoms with Gasteiger partial charge in [-0.25, -0.2) is 4.98 Å². The first-order valence-electron chi connectivity index (χ1n) is 10.9. The highest BCUT2D eigenvalue weighted by Crippen LogP contribution is 2.28. The van der Waals surface area contributed by atoms with Gasteiger partial charge in [0.2, 0.25) is 5.91 Å². The molecule has 8 nitrogen and oxygen atoms in total. The molecule has 1 aromatic carbocycles. The Morgan fingerprint density at radius 2 is 2.10 bits per heavy atom. The van der Waals surface area contributed by atoms with Crippen molar-refractivity contribution < 1.29 is 19.4 Å². The van der Waals surface area contributed by atoms with E-state index in [2.05, 4.69) is 31.5 Å². The normalized spacial score (nSPS) is 20.7. The maximum atomic E-state index is 12.7. The zero-order valence-corrected chi connectivity index (χ0v) is 18.1. The first kappa shape index (κ1) is 22.8. The second-order valence-electron chi connectivity index (χ2n) is 8.00. The minimum absolute atomic E-state index is 0.0578. The Balaban J connectivity index is 0.000000858. The maximum Gasteiger partial charge on any atom is 0.290 e. The second-order valence-corrected chi connectivity index (χ2v) is 8.00. The van der Waals surface area contributed by atoms with Gasteiger partial charge in [0, 0.05) is 50.2 Å². The molecular weight excluding hydrogens is 396 g/mol. The lowest BCUT2D eigenvalue weighted by Crippen LogP contribution is -2.58. The molecule has 1 amide bonds. The first-order valence-corrected chi connectivity index (χ1v) is 10.9. The third-order valence-corrected chi connectivity index (χ3v) is 5.98. The highest BCUT2D eigenvalue weighted by Gasteiger charge is 2.40. The molecule has 8 heteroatoms. The van der Waals surface area contributed by atoms with Gasteiger partial charge in [-0.15, -0.1) is 0 Å². The van der Waals surface area contributed by atoms with Crippen LogP contribution < -0.4 is 4.74 Å². The Morgan fingerprint density at radius 3 is 2.87 bits per heavy atom. The summed E-state index contributed by atoms with van der Waals surface area (Å²) in [4.78, 5) is 29.5. The Labute approximate surface area is 183 Å². The van der Waals surface area contributed by atoms with Crippen molar-refractivity contribution in [3.8, 4) is 5.75 Å². The predicted molar refractivity (Wildman–Crippen MR) is 117 cm³/mol. The van der Waals surface area contributed by atoms with Crippen molar-refractivity contribution in [2.75, 3.05) is 19.7 Å².